The fourth-order valence-electron chi connectivity index (χ4n) is 1.63. The minimum absolute atomic E-state index is 0.0310. The summed E-state index contributed by atoms with van der Waals surface area (Å²) >= 11 is 0. The van der Waals surface area contributed by atoms with Gasteiger partial charge in [-0.25, -0.2) is 9.97 Å². The molecule has 4 nitrogen and oxygen atoms in total. The van der Waals surface area contributed by atoms with Crippen molar-refractivity contribution >= 4 is 11.6 Å². The maximum absolute atomic E-state index is 12.0. The fraction of sp³-hybridized carbons (Fsp3) is 0.667. The average molecular weight is 276 g/mol. The van der Waals surface area contributed by atoms with Crippen molar-refractivity contribution in [1.82, 2.24) is 9.97 Å². The topological polar surface area (TPSA) is 49.8 Å². The Balaban J connectivity index is 2.67. The molecule has 7 heteroatoms. The summed E-state index contributed by atoms with van der Waals surface area (Å²) < 4.78 is 36.1. The number of nitrogens with zero attached hydrogens (tertiary/aromatic N) is 2. The lowest BCUT2D eigenvalue weighted by molar-refractivity contribution is -0.134. The van der Waals surface area contributed by atoms with Crippen LogP contribution in [0, 0.1) is 6.92 Å². The highest BCUT2D eigenvalue weighted by Gasteiger charge is 2.25. The summed E-state index contributed by atoms with van der Waals surface area (Å²) in [4.78, 5) is 8.59. The van der Waals surface area contributed by atoms with Gasteiger partial charge in [0, 0.05) is 32.0 Å². The van der Waals surface area contributed by atoms with Crippen LogP contribution in [-0.2, 0) is 6.42 Å². The quantitative estimate of drug-likeness (QED) is 0.784. The second-order valence-corrected chi connectivity index (χ2v) is 4.21. The highest BCUT2D eigenvalue weighted by molar-refractivity contribution is 5.56. The predicted octanol–water partition coefficient (Wildman–Crippen LogP) is 3.14. The lowest BCUT2D eigenvalue weighted by atomic mass is 10.2. The zero-order valence-corrected chi connectivity index (χ0v) is 11.4. The summed E-state index contributed by atoms with van der Waals surface area (Å²) in [6.07, 6.45) is -4.19. The van der Waals surface area contributed by atoms with Gasteiger partial charge in [-0.05, 0) is 13.3 Å². The van der Waals surface area contributed by atoms with Crippen LogP contribution >= 0.6 is 0 Å². The summed E-state index contributed by atoms with van der Waals surface area (Å²) in [5.74, 6) is 1.96. The summed E-state index contributed by atoms with van der Waals surface area (Å²) in [6, 6.07) is 0. The number of aryl methyl sites for hydroxylation is 1. The van der Waals surface area contributed by atoms with E-state index in [9.17, 15) is 13.2 Å². The average Bonchev–Trinajstić information content (AvgIpc) is 2.35. The van der Waals surface area contributed by atoms with Crippen molar-refractivity contribution in [3.63, 3.8) is 0 Å². The Labute approximate surface area is 110 Å². The predicted molar refractivity (Wildman–Crippen MR) is 69.5 cm³/mol. The third-order valence-electron chi connectivity index (χ3n) is 2.67. The molecule has 1 aromatic rings. The Morgan fingerprint density at radius 1 is 1.16 bits per heavy atom. The van der Waals surface area contributed by atoms with Gasteiger partial charge in [0.25, 0.3) is 0 Å². The minimum atomic E-state index is -4.10. The molecule has 0 saturated carbocycles. The first-order valence-corrected chi connectivity index (χ1v) is 6.23. The van der Waals surface area contributed by atoms with Crippen molar-refractivity contribution in [1.29, 1.82) is 0 Å². The van der Waals surface area contributed by atoms with Crippen LogP contribution in [0.3, 0.4) is 0 Å². The second kappa shape index (κ2) is 6.58. The van der Waals surface area contributed by atoms with Crippen LogP contribution in [0.4, 0.5) is 24.8 Å². The van der Waals surface area contributed by atoms with Gasteiger partial charge in [0.1, 0.15) is 17.5 Å². The molecular weight excluding hydrogens is 257 g/mol. The van der Waals surface area contributed by atoms with Crippen LogP contribution in [0.1, 0.15) is 31.2 Å². The third-order valence-corrected chi connectivity index (χ3v) is 2.67. The zero-order chi connectivity index (χ0) is 14.5. The molecule has 0 spiro atoms. The molecule has 0 saturated heterocycles. The molecule has 1 rings (SSSR count). The van der Waals surface area contributed by atoms with E-state index in [4.69, 9.17) is 0 Å². The van der Waals surface area contributed by atoms with Crippen LogP contribution in [0.15, 0.2) is 0 Å². The smallest absolute Gasteiger partial charge is 0.373 e. The molecule has 0 amide bonds. The van der Waals surface area contributed by atoms with E-state index in [1.54, 1.807) is 7.05 Å². The Morgan fingerprint density at radius 2 is 1.79 bits per heavy atom. The van der Waals surface area contributed by atoms with E-state index in [2.05, 4.69) is 20.6 Å². The molecule has 0 aliphatic heterocycles. The maximum atomic E-state index is 12.0. The van der Waals surface area contributed by atoms with Gasteiger partial charge in [0.15, 0.2) is 0 Å². The SMILES string of the molecule is CCc1nc(NC)c(C)c(NCCCC(F)(F)F)n1. The van der Waals surface area contributed by atoms with Crippen LogP contribution in [0.5, 0.6) is 0 Å². The molecule has 0 radical (unpaired) electrons. The Bertz CT molecular complexity index is 418. The van der Waals surface area contributed by atoms with E-state index >= 15 is 0 Å². The van der Waals surface area contributed by atoms with Crippen LogP contribution in [0.25, 0.3) is 0 Å². The first-order valence-electron chi connectivity index (χ1n) is 6.23. The van der Waals surface area contributed by atoms with Gasteiger partial charge in [-0.3, -0.25) is 0 Å². The molecule has 0 aliphatic carbocycles. The van der Waals surface area contributed by atoms with Gasteiger partial charge in [0.2, 0.25) is 0 Å². The van der Waals surface area contributed by atoms with Crippen molar-refractivity contribution in [3.8, 4) is 0 Å². The maximum Gasteiger partial charge on any atom is 0.389 e. The van der Waals surface area contributed by atoms with Crippen molar-refractivity contribution in [2.45, 2.75) is 39.3 Å². The monoisotopic (exact) mass is 276 g/mol. The van der Waals surface area contributed by atoms with E-state index < -0.39 is 12.6 Å². The number of aromatic nitrogens is 2. The van der Waals surface area contributed by atoms with Crippen molar-refractivity contribution in [2.24, 2.45) is 0 Å². The van der Waals surface area contributed by atoms with Gasteiger partial charge in [-0.15, -0.1) is 0 Å². The van der Waals surface area contributed by atoms with Crippen molar-refractivity contribution in [3.05, 3.63) is 11.4 Å². The number of rotatable bonds is 6. The van der Waals surface area contributed by atoms with Crippen molar-refractivity contribution in [2.75, 3.05) is 24.2 Å². The van der Waals surface area contributed by atoms with E-state index in [-0.39, 0.29) is 13.0 Å². The van der Waals surface area contributed by atoms with Gasteiger partial charge in [0.05, 0.1) is 0 Å². The molecule has 1 aromatic heterocycles. The first-order chi connectivity index (χ1) is 8.87. The Morgan fingerprint density at radius 3 is 2.32 bits per heavy atom. The van der Waals surface area contributed by atoms with Crippen LogP contribution in [0.2, 0.25) is 0 Å². The molecule has 0 atom stereocenters. The van der Waals surface area contributed by atoms with E-state index in [0.717, 1.165) is 5.56 Å². The van der Waals surface area contributed by atoms with E-state index in [1.165, 1.54) is 0 Å². The zero-order valence-electron chi connectivity index (χ0n) is 11.4. The number of nitrogens with one attached hydrogen (secondary N) is 2. The van der Waals surface area contributed by atoms with E-state index in [0.29, 0.717) is 23.9 Å². The summed E-state index contributed by atoms with van der Waals surface area (Å²) in [7, 11) is 1.75. The molecular formula is C12H19F3N4. The van der Waals surface area contributed by atoms with E-state index in [1.807, 2.05) is 13.8 Å². The van der Waals surface area contributed by atoms with Gasteiger partial charge in [-0.1, -0.05) is 6.92 Å². The molecule has 0 aliphatic rings. The number of hydrogen-bond donors (Lipinski definition) is 2. The summed E-state index contributed by atoms with van der Waals surface area (Å²) in [6.45, 7) is 4.00. The normalized spacial score (nSPS) is 11.5. The van der Waals surface area contributed by atoms with Crippen LogP contribution < -0.4 is 10.6 Å². The second-order valence-electron chi connectivity index (χ2n) is 4.21. The Kier molecular flexibility index (Phi) is 5.38. The lowest BCUT2D eigenvalue weighted by Gasteiger charge is -2.13. The summed E-state index contributed by atoms with van der Waals surface area (Å²) in [5.41, 5.74) is 0.812. The largest absolute Gasteiger partial charge is 0.389 e. The number of anilines is 2. The first kappa shape index (κ1) is 15.5. The molecule has 0 unspecified atom stereocenters. The summed E-state index contributed by atoms with van der Waals surface area (Å²) in [5, 5.41) is 5.90. The fourth-order valence-corrected chi connectivity index (χ4v) is 1.63. The molecule has 1 heterocycles. The minimum Gasteiger partial charge on any atom is -0.373 e. The number of alkyl halides is 3. The van der Waals surface area contributed by atoms with Gasteiger partial charge >= 0.3 is 6.18 Å². The van der Waals surface area contributed by atoms with Crippen molar-refractivity contribution < 1.29 is 13.2 Å². The van der Waals surface area contributed by atoms with Gasteiger partial charge in [-0.2, -0.15) is 13.2 Å². The molecule has 0 bridgehead atoms. The van der Waals surface area contributed by atoms with Gasteiger partial charge < -0.3 is 10.6 Å². The molecule has 2 N–H and O–H groups in total. The molecule has 0 aromatic carbocycles. The highest BCUT2D eigenvalue weighted by Crippen LogP contribution is 2.22. The highest BCUT2D eigenvalue weighted by atomic mass is 19.4. The number of halogens is 3. The molecule has 19 heavy (non-hydrogen) atoms. The third kappa shape index (κ3) is 4.92. The molecule has 108 valence electrons. The lowest BCUT2D eigenvalue weighted by Crippen LogP contribution is -2.13. The Hall–Kier alpha value is -1.53. The van der Waals surface area contributed by atoms with Crippen LogP contribution in [-0.4, -0.2) is 29.7 Å². The molecule has 0 fully saturated rings. The standard InChI is InChI=1S/C12H19F3N4/c1-4-9-18-10(16-3)8(2)11(19-9)17-7-5-6-12(13,14)15/h4-7H2,1-3H3,(H2,16,17,18,19). The number of hydrogen-bond acceptors (Lipinski definition) is 4.